The molecule has 1 heterocycles. The van der Waals surface area contributed by atoms with Gasteiger partial charge in [-0.1, -0.05) is 30.3 Å². The molecular weight excluding hydrogens is 392 g/mol. The summed E-state index contributed by atoms with van der Waals surface area (Å²) >= 11 is 0. The summed E-state index contributed by atoms with van der Waals surface area (Å²) in [7, 11) is 1.35. The van der Waals surface area contributed by atoms with Crippen molar-refractivity contribution in [2.45, 2.75) is 26.2 Å². The summed E-state index contributed by atoms with van der Waals surface area (Å²) in [5.41, 5.74) is -2.50. The van der Waals surface area contributed by atoms with Crippen LogP contribution in [0.15, 0.2) is 42.4 Å². The zero-order valence-corrected chi connectivity index (χ0v) is 17.1. The van der Waals surface area contributed by atoms with Gasteiger partial charge in [0.15, 0.2) is 17.3 Å². The number of para-hydroxylation sites is 2. The Hall–Kier alpha value is -2.41. The molecule has 1 atom stereocenters. The van der Waals surface area contributed by atoms with Crippen molar-refractivity contribution >= 4 is 5.78 Å². The number of nitrogens with zero attached hydrogens (tertiary/aromatic N) is 2. The van der Waals surface area contributed by atoms with Crippen molar-refractivity contribution in [3.05, 3.63) is 59.1 Å². The van der Waals surface area contributed by atoms with E-state index >= 15 is 0 Å². The molecule has 168 valence electrons. The van der Waals surface area contributed by atoms with Crippen molar-refractivity contribution in [2.24, 2.45) is 0 Å². The Morgan fingerprint density at radius 3 is 2.48 bits per heavy atom. The molecule has 1 fully saturated rings. The van der Waals surface area contributed by atoms with Crippen LogP contribution in [0.5, 0.6) is 11.5 Å². The third-order valence-corrected chi connectivity index (χ3v) is 4.69. The van der Waals surface area contributed by atoms with Gasteiger partial charge in [-0.15, -0.1) is 0 Å². The lowest BCUT2D eigenvalue weighted by Gasteiger charge is -2.35. The number of benzene rings is 2. The molecule has 0 spiro atoms. The molecule has 31 heavy (non-hydrogen) atoms. The van der Waals surface area contributed by atoms with Gasteiger partial charge in [0.25, 0.3) is 0 Å². The lowest BCUT2D eigenvalue weighted by molar-refractivity contribution is -0.120. The predicted molar refractivity (Wildman–Crippen MR) is 122 cm³/mol. The summed E-state index contributed by atoms with van der Waals surface area (Å²) < 4.78 is 123. The van der Waals surface area contributed by atoms with Gasteiger partial charge in [0, 0.05) is 47.4 Å². The fraction of sp³-hybridized carbons (Fsp3) is 0.480. The first-order chi connectivity index (χ1) is 20.5. The number of hydrogen-bond donors (Lipinski definition) is 1. The van der Waals surface area contributed by atoms with Gasteiger partial charge in [-0.3, -0.25) is 14.6 Å². The van der Waals surface area contributed by atoms with E-state index in [4.69, 9.17) is 28.7 Å². The molecule has 3 rings (SSSR count). The largest absolute Gasteiger partial charge is 0.493 e. The van der Waals surface area contributed by atoms with E-state index in [0.717, 1.165) is 4.90 Å². The zero-order chi connectivity index (χ0) is 34.3. The Morgan fingerprint density at radius 1 is 1.19 bits per heavy atom. The average molecular weight is 441 g/mol. The number of piperazine rings is 1. The number of ether oxygens (including phenoxy) is 2. The normalized spacial score (nSPS) is 25.5. The molecule has 2 aromatic carbocycles. The first-order valence-corrected chi connectivity index (χ1v) is 9.64. The monoisotopic (exact) mass is 440 g/mol. The van der Waals surface area contributed by atoms with Gasteiger partial charge in [0.1, 0.15) is 12.6 Å². The van der Waals surface area contributed by atoms with Gasteiger partial charge in [0.05, 0.1) is 24.6 Å². The van der Waals surface area contributed by atoms with Crippen molar-refractivity contribution in [1.82, 2.24) is 9.80 Å². The number of ketones is 1. The van der Waals surface area contributed by atoms with Crippen molar-refractivity contribution in [3.63, 3.8) is 0 Å². The highest BCUT2D eigenvalue weighted by atomic mass is 16.5. The standard InChI is InChI=1S/C25H34N2O4/c1-19-7-6-8-20(2)23(19)15-21(28)16-26-11-13-27(14-12-26)17-22(29)18-31-25-10-5-4-9-24(25)30-3/h4-10,22,29H,11-18H2,1-3H3/i1D3,2D3,6D,7D,8D,16D2,18D2,22D. The Morgan fingerprint density at radius 2 is 1.84 bits per heavy atom. The molecule has 6 nitrogen and oxygen atoms in total. The second-order valence-corrected chi connectivity index (χ2v) is 6.88. The molecule has 6 heteroatoms. The third-order valence-electron chi connectivity index (χ3n) is 4.69. The summed E-state index contributed by atoms with van der Waals surface area (Å²) in [5.74, 6) is -1.09. The Labute approximate surface area is 205 Å². The average Bonchev–Trinajstić information content (AvgIpc) is 2.90. The fourth-order valence-corrected chi connectivity index (χ4v) is 3.06. The van der Waals surface area contributed by atoms with E-state index in [1.807, 2.05) is 0 Å². The van der Waals surface area contributed by atoms with Crippen LogP contribution in [0.4, 0.5) is 0 Å². The molecular formula is C25H34N2O4. The molecule has 0 bridgehead atoms. The van der Waals surface area contributed by atoms with E-state index in [1.165, 1.54) is 24.1 Å². The van der Waals surface area contributed by atoms with Crippen molar-refractivity contribution in [1.29, 1.82) is 0 Å². The molecule has 1 unspecified atom stereocenters. The van der Waals surface area contributed by atoms with Crippen molar-refractivity contribution in [3.8, 4) is 11.5 Å². The van der Waals surface area contributed by atoms with Crippen molar-refractivity contribution < 1.29 is 38.6 Å². The van der Waals surface area contributed by atoms with Gasteiger partial charge < -0.3 is 14.6 Å². The van der Waals surface area contributed by atoms with Crippen LogP contribution in [0.2, 0.25) is 0 Å². The van der Waals surface area contributed by atoms with E-state index in [-0.39, 0.29) is 37.7 Å². The quantitative estimate of drug-likeness (QED) is 0.612. The van der Waals surface area contributed by atoms with Crippen molar-refractivity contribution in [2.75, 3.05) is 52.9 Å². The maximum Gasteiger partial charge on any atom is 0.161 e. The number of aliphatic hydroxyl groups is 1. The first kappa shape index (κ1) is 10.9. The maximum atomic E-state index is 13.4. The minimum absolute atomic E-state index is 0.0267. The predicted octanol–water partition coefficient (Wildman–Crippen LogP) is 2.48. The first-order valence-electron chi connectivity index (χ1n) is 16.6. The highest BCUT2D eigenvalue weighted by Crippen LogP contribution is 2.25. The molecule has 0 radical (unpaired) electrons. The van der Waals surface area contributed by atoms with Crippen LogP contribution in [0.3, 0.4) is 0 Å². The molecule has 0 saturated carbocycles. The summed E-state index contributed by atoms with van der Waals surface area (Å²) in [6, 6.07) is 3.28. The topological polar surface area (TPSA) is 62.2 Å². The van der Waals surface area contributed by atoms with Gasteiger partial charge in [-0.25, -0.2) is 0 Å². The van der Waals surface area contributed by atoms with Crippen LogP contribution >= 0.6 is 0 Å². The number of rotatable bonds is 10. The number of carbonyl (C=O) groups excluding carboxylic acids is 1. The molecule has 1 aliphatic rings. The van der Waals surface area contributed by atoms with E-state index in [0.29, 0.717) is 0 Å². The Kier molecular flexibility index (Phi) is 3.98. The van der Waals surface area contributed by atoms with Gasteiger partial charge >= 0.3 is 0 Å². The van der Waals surface area contributed by atoms with Crippen LogP contribution in [0.1, 0.15) is 35.9 Å². The third kappa shape index (κ3) is 6.79. The molecule has 2 aromatic rings. The van der Waals surface area contributed by atoms with Gasteiger partial charge in [0.2, 0.25) is 0 Å². The van der Waals surface area contributed by atoms with E-state index in [9.17, 15) is 9.90 Å². The molecule has 1 aliphatic heterocycles. The number of carbonyl (C=O) groups is 1. The number of β-amino-alcohol motifs (C(OH)–C–C–N with tert-alkyl or cyclic N) is 1. The minimum Gasteiger partial charge on any atom is -0.493 e. The molecule has 1 saturated heterocycles. The zero-order valence-electron chi connectivity index (χ0n) is 31.1. The van der Waals surface area contributed by atoms with Crippen LogP contribution in [-0.4, -0.2) is 79.7 Å². The van der Waals surface area contributed by atoms with Crippen LogP contribution < -0.4 is 9.47 Å². The molecule has 0 aliphatic carbocycles. The minimum atomic E-state index is -3.14. The Bertz CT molecular complexity index is 1360. The lowest BCUT2D eigenvalue weighted by Crippen LogP contribution is -2.50. The second-order valence-electron chi connectivity index (χ2n) is 6.88. The maximum absolute atomic E-state index is 13.4. The summed E-state index contributed by atoms with van der Waals surface area (Å²) in [5, 5.41) is 10.8. The summed E-state index contributed by atoms with van der Waals surface area (Å²) in [6.45, 7) is -12.9. The number of methoxy groups -OCH3 is 1. The highest BCUT2D eigenvalue weighted by Gasteiger charge is 2.21. The number of Topliss-reactive ketones (excluding diaryl/α,β-unsaturated/α-hetero) is 1. The van der Waals surface area contributed by atoms with E-state index in [1.54, 1.807) is 12.1 Å². The van der Waals surface area contributed by atoms with Gasteiger partial charge in [-0.05, 0) is 42.5 Å². The Balaban J connectivity index is 1.79. The highest BCUT2D eigenvalue weighted by molar-refractivity contribution is 5.83. The SMILES string of the molecule is [2H]c1c([2H])c(C([2H])([2H])[2H])c(CC(=O)C([2H])([2H])N2CCN(CC([2H])(O)C([2H])([2H])Oc3ccccc3OC)CC2)c(C([2H])([2H])[2H])c1[2H]. The van der Waals surface area contributed by atoms with E-state index in [2.05, 4.69) is 0 Å². The molecule has 0 aromatic heterocycles. The second kappa shape index (κ2) is 11.3. The van der Waals surface area contributed by atoms with Crippen LogP contribution in [-0.2, 0) is 11.2 Å². The molecule has 0 amide bonds. The van der Waals surface area contributed by atoms with E-state index < -0.39 is 86.4 Å². The van der Waals surface area contributed by atoms with Crippen LogP contribution in [0, 0.1) is 13.7 Å². The van der Waals surface area contributed by atoms with Crippen LogP contribution in [0.25, 0.3) is 0 Å². The lowest BCUT2D eigenvalue weighted by atomic mass is 9.98. The smallest absolute Gasteiger partial charge is 0.161 e. The number of hydrogen-bond acceptors (Lipinski definition) is 6. The van der Waals surface area contributed by atoms with Gasteiger partial charge in [-0.2, -0.15) is 0 Å². The summed E-state index contributed by atoms with van der Waals surface area (Å²) in [4.78, 5) is 15.9. The molecule has 1 N–H and O–H groups in total. The fourth-order valence-electron chi connectivity index (χ4n) is 3.06. The summed E-state index contributed by atoms with van der Waals surface area (Å²) in [6.07, 6.45) is -3.87.